The molecule has 7 heteroatoms. The number of nitrogens with two attached hydrogens (primary N) is 1. The van der Waals surface area contributed by atoms with Crippen molar-refractivity contribution in [3.63, 3.8) is 0 Å². The molecule has 0 spiro atoms. The first-order valence-corrected chi connectivity index (χ1v) is 3.88. The zero-order valence-corrected chi connectivity index (χ0v) is 7.47. The maximum Gasteiger partial charge on any atom is 0.405 e. The van der Waals surface area contributed by atoms with E-state index in [4.69, 9.17) is 11.0 Å². The van der Waals surface area contributed by atoms with E-state index in [0.29, 0.717) is 0 Å². The van der Waals surface area contributed by atoms with Crippen LogP contribution in [0.4, 0.5) is 24.7 Å². The predicted octanol–water partition coefficient (Wildman–Crippen LogP) is 1.51. The Morgan fingerprint density at radius 1 is 1.53 bits per heavy atom. The lowest BCUT2D eigenvalue weighted by molar-refractivity contribution is -0.115. The van der Waals surface area contributed by atoms with Gasteiger partial charge in [-0.1, -0.05) is 0 Å². The van der Waals surface area contributed by atoms with E-state index in [9.17, 15) is 13.2 Å². The molecule has 15 heavy (non-hydrogen) atoms. The fourth-order valence-electron chi connectivity index (χ4n) is 0.875. The highest BCUT2D eigenvalue weighted by atomic mass is 19.4. The molecule has 1 rings (SSSR count). The molecule has 0 atom stereocenters. The first-order valence-electron chi connectivity index (χ1n) is 3.88. The monoisotopic (exact) mass is 216 g/mol. The Labute approximate surface area is 83.5 Å². The summed E-state index contributed by atoms with van der Waals surface area (Å²) in [6, 6.07) is 3.03. The average molecular weight is 216 g/mol. The summed E-state index contributed by atoms with van der Waals surface area (Å²) < 4.78 is 35.5. The molecule has 80 valence electrons. The minimum atomic E-state index is -4.33. The zero-order valence-electron chi connectivity index (χ0n) is 7.47. The summed E-state index contributed by atoms with van der Waals surface area (Å²) in [7, 11) is 0. The number of hydrogen-bond donors (Lipinski definition) is 2. The lowest BCUT2D eigenvalue weighted by Gasteiger charge is -2.10. The summed E-state index contributed by atoms with van der Waals surface area (Å²) in [4.78, 5) is 3.59. The summed E-state index contributed by atoms with van der Waals surface area (Å²) in [6.07, 6.45) is -3.18. The lowest BCUT2D eigenvalue weighted by atomic mass is 10.3. The predicted molar refractivity (Wildman–Crippen MR) is 47.9 cm³/mol. The number of hydrogen-bond acceptors (Lipinski definition) is 4. The minimum absolute atomic E-state index is 0.0123. The number of rotatable bonds is 2. The van der Waals surface area contributed by atoms with E-state index in [1.807, 2.05) is 5.32 Å². The van der Waals surface area contributed by atoms with Gasteiger partial charge in [0.1, 0.15) is 18.4 Å². The summed E-state index contributed by atoms with van der Waals surface area (Å²) in [5.41, 5.74) is 5.59. The van der Waals surface area contributed by atoms with Crippen molar-refractivity contribution in [2.24, 2.45) is 0 Å². The molecule has 0 saturated carbocycles. The van der Waals surface area contributed by atoms with Crippen LogP contribution in [0.25, 0.3) is 0 Å². The lowest BCUT2D eigenvalue weighted by Crippen LogP contribution is -2.22. The average Bonchev–Trinajstić information content (AvgIpc) is 2.14. The summed E-state index contributed by atoms with van der Waals surface area (Å²) in [5, 5.41) is 10.5. The molecule has 0 aliphatic rings. The van der Waals surface area contributed by atoms with Crippen LogP contribution in [0, 0.1) is 11.3 Å². The van der Waals surface area contributed by atoms with E-state index in [2.05, 4.69) is 4.98 Å². The number of nitriles is 1. The van der Waals surface area contributed by atoms with Gasteiger partial charge in [-0.3, -0.25) is 0 Å². The third-order valence-corrected chi connectivity index (χ3v) is 1.50. The van der Waals surface area contributed by atoms with Crippen molar-refractivity contribution < 1.29 is 13.2 Å². The normalized spacial score (nSPS) is 10.8. The van der Waals surface area contributed by atoms with Gasteiger partial charge in [-0.25, -0.2) is 4.98 Å². The third-order valence-electron chi connectivity index (χ3n) is 1.50. The van der Waals surface area contributed by atoms with Crippen molar-refractivity contribution in [1.82, 2.24) is 4.98 Å². The quantitative estimate of drug-likeness (QED) is 0.785. The molecule has 4 nitrogen and oxygen atoms in total. The molecular formula is C8H7F3N4. The van der Waals surface area contributed by atoms with Crippen molar-refractivity contribution in [1.29, 1.82) is 5.26 Å². The van der Waals surface area contributed by atoms with Gasteiger partial charge in [0.05, 0.1) is 11.3 Å². The number of nitrogens with zero attached hydrogens (tertiary/aromatic N) is 2. The first-order chi connectivity index (χ1) is 6.92. The van der Waals surface area contributed by atoms with Crippen LogP contribution in [0.15, 0.2) is 12.3 Å². The fraction of sp³-hybridized carbons (Fsp3) is 0.250. The molecule has 0 unspecified atom stereocenters. The van der Waals surface area contributed by atoms with Gasteiger partial charge in [0.25, 0.3) is 0 Å². The highest BCUT2D eigenvalue weighted by Crippen LogP contribution is 2.19. The zero-order chi connectivity index (χ0) is 11.5. The van der Waals surface area contributed by atoms with Crippen LogP contribution in [0.3, 0.4) is 0 Å². The Morgan fingerprint density at radius 2 is 2.20 bits per heavy atom. The van der Waals surface area contributed by atoms with Gasteiger partial charge < -0.3 is 11.1 Å². The number of alkyl halides is 3. The van der Waals surface area contributed by atoms with Crippen LogP contribution in [0.1, 0.15) is 5.56 Å². The molecule has 1 heterocycles. The number of nitrogen functional groups attached to an aromatic ring is 1. The molecule has 0 aromatic carbocycles. The van der Waals surface area contributed by atoms with E-state index >= 15 is 0 Å². The number of aromatic nitrogens is 1. The van der Waals surface area contributed by atoms with Crippen molar-refractivity contribution in [3.05, 3.63) is 17.8 Å². The molecule has 0 bridgehead atoms. The van der Waals surface area contributed by atoms with Crippen molar-refractivity contribution in [2.45, 2.75) is 6.18 Å². The topological polar surface area (TPSA) is 74.7 Å². The summed E-state index contributed by atoms with van der Waals surface area (Å²) in [6.45, 7) is -1.21. The van der Waals surface area contributed by atoms with Crippen molar-refractivity contribution >= 4 is 11.5 Å². The number of nitrogens with one attached hydrogen (secondary N) is 1. The second-order valence-electron chi connectivity index (χ2n) is 2.74. The van der Waals surface area contributed by atoms with E-state index < -0.39 is 12.7 Å². The van der Waals surface area contributed by atoms with E-state index in [-0.39, 0.29) is 17.1 Å². The van der Waals surface area contributed by atoms with Crippen molar-refractivity contribution in [2.75, 3.05) is 17.6 Å². The van der Waals surface area contributed by atoms with Gasteiger partial charge in [-0.2, -0.15) is 18.4 Å². The van der Waals surface area contributed by atoms with Gasteiger partial charge in [0.2, 0.25) is 0 Å². The molecule has 0 saturated heterocycles. The van der Waals surface area contributed by atoms with Gasteiger partial charge >= 0.3 is 6.18 Å². The maximum absolute atomic E-state index is 11.8. The van der Waals surface area contributed by atoms with Crippen LogP contribution in [0.2, 0.25) is 0 Å². The molecule has 0 amide bonds. The maximum atomic E-state index is 11.8. The smallest absolute Gasteiger partial charge is 0.396 e. The van der Waals surface area contributed by atoms with Crippen LogP contribution in [-0.2, 0) is 0 Å². The highest BCUT2D eigenvalue weighted by Gasteiger charge is 2.27. The third kappa shape index (κ3) is 3.34. The Balaban J connectivity index is 2.76. The highest BCUT2D eigenvalue weighted by molar-refractivity contribution is 5.63. The van der Waals surface area contributed by atoms with Crippen LogP contribution >= 0.6 is 0 Å². The molecule has 0 fully saturated rings. The minimum Gasteiger partial charge on any atom is -0.396 e. The van der Waals surface area contributed by atoms with Gasteiger partial charge in [0, 0.05) is 6.20 Å². The standard InChI is InChI=1S/C8H7F3N4/c9-8(10,11)4-15-7-6(13)1-5(2-12)3-14-7/h1,3H,4,13H2,(H,14,15). The molecule has 0 aliphatic carbocycles. The van der Waals surface area contributed by atoms with Gasteiger partial charge in [0.15, 0.2) is 0 Å². The second kappa shape index (κ2) is 4.04. The van der Waals surface area contributed by atoms with E-state index in [1.165, 1.54) is 6.07 Å². The van der Waals surface area contributed by atoms with Crippen molar-refractivity contribution in [3.8, 4) is 6.07 Å². The number of anilines is 2. The summed E-state index contributed by atoms with van der Waals surface area (Å²) >= 11 is 0. The Kier molecular flexibility index (Phi) is 2.99. The first kappa shape index (κ1) is 11.1. The van der Waals surface area contributed by atoms with Gasteiger partial charge in [-0.05, 0) is 6.07 Å². The van der Waals surface area contributed by atoms with E-state index in [0.717, 1.165) is 6.20 Å². The number of halogens is 3. The van der Waals surface area contributed by atoms with Crippen LogP contribution in [-0.4, -0.2) is 17.7 Å². The Morgan fingerprint density at radius 3 is 2.67 bits per heavy atom. The molecule has 3 N–H and O–H groups in total. The largest absolute Gasteiger partial charge is 0.405 e. The fourth-order valence-corrected chi connectivity index (χ4v) is 0.875. The van der Waals surface area contributed by atoms with Gasteiger partial charge in [-0.15, -0.1) is 0 Å². The molecular weight excluding hydrogens is 209 g/mol. The SMILES string of the molecule is N#Cc1cnc(NCC(F)(F)F)c(N)c1. The van der Waals surface area contributed by atoms with Crippen LogP contribution < -0.4 is 11.1 Å². The Bertz CT molecular complexity index is 394. The Hall–Kier alpha value is -1.97. The van der Waals surface area contributed by atoms with Crippen LogP contribution in [0.5, 0.6) is 0 Å². The second-order valence-corrected chi connectivity index (χ2v) is 2.74. The number of pyridine rings is 1. The summed E-state index contributed by atoms with van der Waals surface area (Å²) in [5.74, 6) is -0.0775. The molecule has 0 radical (unpaired) electrons. The molecule has 1 aromatic heterocycles. The van der Waals surface area contributed by atoms with E-state index in [1.54, 1.807) is 6.07 Å². The molecule has 1 aromatic rings. The molecule has 0 aliphatic heterocycles.